The summed E-state index contributed by atoms with van der Waals surface area (Å²) in [5.74, 6) is 0.864. The first-order chi connectivity index (χ1) is 6.83. The Morgan fingerprint density at radius 2 is 2.14 bits per heavy atom. The number of aryl methyl sites for hydroxylation is 1. The molecule has 3 heteroatoms. The highest BCUT2D eigenvalue weighted by Crippen LogP contribution is 2.25. The zero-order valence-corrected chi connectivity index (χ0v) is 8.32. The average molecular weight is 188 g/mol. The monoisotopic (exact) mass is 188 g/mol. The molecule has 0 bridgehead atoms. The number of nitrogens with zero attached hydrogens (tertiary/aromatic N) is 2. The van der Waals surface area contributed by atoms with E-state index in [-0.39, 0.29) is 0 Å². The topological polar surface area (TPSA) is 35.0 Å². The largest absolute Gasteiger partial charge is 0.493 e. The first kappa shape index (κ1) is 8.94. The van der Waals surface area contributed by atoms with Gasteiger partial charge in [-0.3, -0.25) is 0 Å². The number of benzene rings is 1. The highest BCUT2D eigenvalue weighted by atomic mass is 16.5. The minimum Gasteiger partial charge on any atom is -0.493 e. The van der Waals surface area contributed by atoms with Gasteiger partial charge in [-0.1, -0.05) is 6.07 Å². The Hall–Kier alpha value is -1.64. The maximum atomic E-state index is 5.52. The molecule has 1 aromatic carbocycles. The molecular weight excluding hydrogens is 176 g/mol. The van der Waals surface area contributed by atoms with Gasteiger partial charge in [0.15, 0.2) is 0 Å². The molecule has 0 spiro atoms. The molecule has 0 amide bonds. The summed E-state index contributed by atoms with van der Waals surface area (Å²) in [6.07, 6.45) is 1.58. The van der Waals surface area contributed by atoms with Crippen LogP contribution in [0.3, 0.4) is 0 Å². The highest BCUT2D eigenvalue weighted by Gasteiger charge is 2.05. The second-order valence-corrected chi connectivity index (χ2v) is 3.04. The Labute approximate surface area is 82.8 Å². The van der Waals surface area contributed by atoms with Gasteiger partial charge in [0.2, 0.25) is 0 Å². The Morgan fingerprint density at radius 1 is 1.29 bits per heavy atom. The number of aromatic nitrogens is 2. The van der Waals surface area contributed by atoms with Crippen LogP contribution in [0.2, 0.25) is 0 Å². The van der Waals surface area contributed by atoms with Crippen molar-refractivity contribution in [1.29, 1.82) is 0 Å². The lowest BCUT2D eigenvalue weighted by Crippen LogP contribution is -1.95. The number of hydrogen-bond acceptors (Lipinski definition) is 3. The number of rotatable bonds is 2. The second-order valence-electron chi connectivity index (χ2n) is 3.04. The lowest BCUT2D eigenvalue weighted by atomic mass is 10.2. The van der Waals surface area contributed by atoms with Crippen molar-refractivity contribution in [2.24, 2.45) is 0 Å². The van der Waals surface area contributed by atoms with Crippen LogP contribution in [0.1, 0.15) is 12.6 Å². The first-order valence-electron chi connectivity index (χ1n) is 4.66. The van der Waals surface area contributed by atoms with E-state index in [1.807, 2.05) is 32.0 Å². The predicted molar refractivity (Wildman–Crippen MR) is 55.4 cm³/mol. The molecule has 2 rings (SSSR count). The van der Waals surface area contributed by atoms with Crippen LogP contribution < -0.4 is 4.74 Å². The molecule has 0 aliphatic carbocycles. The third-order valence-corrected chi connectivity index (χ3v) is 2.11. The third-order valence-electron chi connectivity index (χ3n) is 2.11. The highest BCUT2D eigenvalue weighted by molar-refractivity contribution is 5.86. The van der Waals surface area contributed by atoms with Crippen molar-refractivity contribution >= 4 is 10.9 Å². The molecule has 2 aromatic rings. The van der Waals surface area contributed by atoms with E-state index < -0.39 is 0 Å². The van der Waals surface area contributed by atoms with E-state index in [1.165, 1.54) is 0 Å². The van der Waals surface area contributed by atoms with Gasteiger partial charge in [-0.15, -0.1) is 0 Å². The third kappa shape index (κ3) is 1.41. The maximum absolute atomic E-state index is 5.52. The van der Waals surface area contributed by atoms with Crippen LogP contribution in [-0.4, -0.2) is 16.6 Å². The van der Waals surface area contributed by atoms with Gasteiger partial charge in [-0.05, 0) is 26.0 Å². The Kier molecular flexibility index (Phi) is 2.31. The minimum atomic E-state index is 0.660. The molecule has 1 aromatic heterocycles. The standard InChI is InChI=1S/C11H12N2O/c1-3-14-10-6-4-5-9-11(10)8(2)12-7-13-9/h4-7H,3H2,1-2H3. The summed E-state index contributed by atoms with van der Waals surface area (Å²) in [6, 6.07) is 5.86. The fraction of sp³-hybridized carbons (Fsp3) is 0.273. The summed E-state index contributed by atoms with van der Waals surface area (Å²) in [5, 5.41) is 1.01. The number of hydrogen-bond donors (Lipinski definition) is 0. The maximum Gasteiger partial charge on any atom is 0.130 e. The van der Waals surface area contributed by atoms with Gasteiger partial charge >= 0.3 is 0 Å². The van der Waals surface area contributed by atoms with E-state index >= 15 is 0 Å². The fourth-order valence-corrected chi connectivity index (χ4v) is 1.51. The molecule has 1 heterocycles. The van der Waals surface area contributed by atoms with Crippen LogP contribution in [-0.2, 0) is 0 Å². The molecule has 72 valence electrons. The SMILES string of the molecule is CCOc1cccc2ncnc(C)c12. The fourth-order valence-electron chi connectivity index (χ4n) is 1.51. The smallest absolute Gasteiger partial charge is 0.130 e. The van der Waals surface area contributed by atoms with Crippen LogP contribution >= 0.6 is 0 Å². The molecule has 3 nitrogen and oxygen atoms in total. The summed E-state index contributed by atoms with van der Waals surface area (Å²) < 4.78 is 5.52. The van der Waals surface area contributed by atoms with Crippen molar-refractivity contribution in [3.63, 3.8) is 0 Å². The Bertz CT molecular complexity index is 449. The normalized spacial score (nSPS) is 10.4. The zero-order chi connectivity index (χ0) is 9.97. The Morgan fingerprint density at radius 3 is 2.93 bits per heavy atom. The van der Waals surface area contributed by atoms with Crippen LogP contribution in [0.15, 0.2) is 24.5 Å². The van der Waals surface area contributed by atoms with Crippen LogP contribution in [0.25, 0.3) is 10.9 Å². The van der Waals surface area contributed by atoms with Crippen molar-refractivity contribution in [3.8, 4) is 5.75 Å². The molecule has 0 N–H and O–H groups in total. The van der Waals surface area contributed by atoms with E-state index in [0.29, 0.717) is 6.61 Å². The molecule has 0 saturated heterocycles. The van der Waals surface area contributed by atoms with Gasteiger partial charge in [0.05, 0.1) is 23.2 Å². The van der Waals surface area contributed by atoms with Gasteiger partial charge in [-0.2, -0.15) is 0 Å². The van der Waals surface area contributed by atoms with Crippen molar-refractivity contribution in [2.75, 3.05) is 6.61 Å². The summed E-state index contributed by atoms with van der Waals surface area (Å²) in [7, 11) is 0. The van der Waals surface area contributed by atoms with E-state index in [9.17, 15) is 0 Å². The molecule has 0 radical (unpaired) electrons. The van der Waals surface area contributed by atoms with Crippen molar-refractivity contribution in [2.45, 2.75) is 13.8 Å². The molecule has 0 aliphatic heterocycles. The van der Waals surface area contributed by atoms with E-state index in [2.05, 4.69) is 9.97 Å². The van der Waals surface area contributed by atoms with E-state index in [0.717, 1.165) is 22.3 Å². The summed E-state index contributed by atoms with van der Waals surface area (Å²) >= 11 is 0. The summed E-state index contributed by atoms with van der Waals surface area (Å²) in [6.45, 7) is 4.60. The van der Waals surface area contributed by atoms with Crippen molar-refractivity contribution in [1.82, 2.24) is 9.97 Å². The molecule has 14 heavy (non-hydrogen) atoms. The molecular formula is C11H12N2O. The first-order valence-corrected chi connectivity index (χ1v) is 4.66. The molecule has 0 atom stereocenters. The van der Waals surface area contributed by atoms with Crippen LogP contribution in [0.5, 0.6) is 5.75 Å². The minimum absolute atomic E-state index is 0.660. The van der Waals surface area contributed by atoms with Gasteiger partial charge in [0.1, 0.15) is 12.1 Å². The molecule has 0 saturated carbocycles. The predicted octanol–water partition coefficient (Wildman–Crippen LogP) is 2.34. The van der Waals surface area contributed by atoms with Gasteiger partial charge in [-0.25, -0.2) is 9.97 Å². The van der Waals surface area contributed by atoms with Crippen molar-refractivity contribution in [3.05, 3.63) is 30.2 Å². The zero-order valence-electron chi connectivity index (χ0n) is 8.32. The number of ether oxygens (including phenoxy) is 1. The van der Waals surface area contributed by atoms with Crippen LogP contribution in [0.4, 0.5) is 0 Å². The van der Waals surface area contributed by atoms with Gasteiger partial charge in [0.25, 0.3) is 0 Å². The molecule has 0 aliphatic rings. The van der Waals surface area contributed by atoms with Crippen molar-refractivity contribution < 1.29 is 4.74 Å². The second kappa shape index (κ2) is 3.62. The van der Waals surface area contributed by atoms with Crippen LogP contribution in [0, 0.1) is 6.92 Å². The van der Waals surface area contributed by atoms with E-state index in [4.69, 9.17) is 4.74 Å². The summed E-state index contributed by atoms with van der Waals surface area (Å²) in [5.41, 5.74) is 1.89. The lowest BCUT2D eigenvalue weighted by Gasteiger charge is -2.07. The number of fused-ring (bicyclic) bond motifs is 1. The quantitative estimate of drug-likeness (QED) is 0.725. The average Bonchev–Trinajstić information content (AvgIpc) is 2.19. The van der Waals surface area contributed by atoms with E-state index in [1.54, 1.807) is 6.33 Å². The molecule has 0 unspecified atom stereocenters. The Balaban J connectivity index is 2.71. The summed E-state index contributed by atoms with van der Waals surface area (Å²) in [4.78, 5) is 8.35. The van der Waals surface area contributed by atoms with Gasteiger partial charge in [0, 0.05) is 0 Å². The molecule has 0 fully saturated rings. The van der Waals surface area contributed by atoms with Gasteiger partial charge < -0.3 is 4.74 Å². The lowest BCUT2D eigenvalue weighted by molar-refractivity contribution is 0.344.